The maximum Gasteiger partial charge on any atom is 0.0403 e. The largest absolute Gasteiger partial charge is 0.0844 e. The molecule has 0 heterocycles. The Morgan fingerprint density at radius 1 is 1.12 bits per heavy atom. The molecule has 82 valence electrons. The van der Waals surface area contributed by atoms with E-state index in [2.05, 4.69) is 43.4 Å². The second kappa shape index (κ2) is 5.18. The van der Waals surface area contributed by atoms with Crippen molar-refractivity contribution < 1.29 is 0 Å². The van der Waals surface area contributed by atoms with Crippen LogP contribution in [-0.4, -0.2) is 0 Å². The first-order chi connectivity index (χ1) is 7.75. The van der Waals surface area contributed by atoms with Gasteiger partial charge in [-0.1, -0.05) is 65.3 Å². The molecule has 0 saturated carbocycles. The van der Waals surface area contributed by atoms with E-state index in [4.69, 9.17) is 11.6 Å². The molecule has 0 nitrogen and oxygen atoms in total. The summed E-state index contributed by atoms with van der Waals surface area (Å²) in [5.41, 5.74) is 2.70. The molecule has 0 N–H and O–H groups in total. The third kappa shape index (κ3) is 2.86. The van der Waals surface area contributed by atoms with Gasteiger partial charge in [0.05, 0.1) is 0 Å². The zero-order valence-electron chi connectivity index (χ0n) is 9.36. The molecule has 1 atom stereocenters. The average molecular weight is 231 g/mol. The van der Waals surface area contributed by atoms with Crippen LogP contribution in [0, 0.1) is 5.92 Å². The molecule has 16 heavy (non-hydrogen) atoms. The van der Waals surface area contributed by atoms with Gasteiger partial charge in [0.15, 0.2) is 0 Å². The van der Waals surface area contributed by atoms with Gasteiger partial charge in [0, 0.05) is 11.0 Å². The lowest BCUT2D eigenvalue weighted by atomic mass is 9.95. The van der Waals surface area contributed by atoms with Crippen LogP contribution in [0.4, 0.5) is 0 Å². The molecule has 2 aliphatic carbocycles. The lowest BCUT2D eigenvalue weighted by molar-refractivity contribution is 0.924. The number of halogens is 1. The zero-order valence-corrected chi connectivity index (χ0v) is 10.1. The van der Waals surface area contributed by atoms with Crippen LogP contribution in [-0.2, 0) is 0 Å². The highest BCUT2D eigenvalue weighted by Gasteiger charge is 2.08. The van der Waals surface area contributed by atoms with Crippen LogP contribution in [0.3, 0.4) is 0 Å². The van der Waals surface area contributed by atoms with Crippen molar-refractivity contribution in [2.24, 2.45) is 5.92 Å². The van der Waals surface area contributed by atoms with Gasteiger partial charge in [-0.25, -0.2) is 0 Å². The highest BCUT2D eigenvalue weighted by Crippen LogP contribution is 2.24. The van der Waals surface area contributed by atoms with Gasteiger partial charge in [0.2, 0.25) is 0 Å². The standard InChI is InChI=1S/C15H15Cl/c1-12-4-2-5-13(9-8-12)14-6-3-7-15(16)11-10-14/h2-4,6-11,14H,5H2,1H3. The van der Waals surface area contributed by atoms with Crippen LogP contribution in [0.2, 0.25) is 0 Å². The molecule has 0 fully saturated rings. The van der Waals surface area contributed by atoms with E-state index in [0.29, 0.717) is 5.92 Å². The van der Waals surface area contributed by atoms with Crippen molar-refractivity contribution in [3.8, 4) is 0 Å². The first-order valence-corrected chi connectivity index (χ1v) is 5.89. The van der Waals surface area contributed by atoms with E-state index in [1.807, 2.05) is 18.2 Å². The predicted octanol–water partition coefficient (Wildman–Crippen LogP) is 4.68. The van der Waals surface area contributed by atoms with Gasteiger partial charge in [0.1, 0.15) is 0 Å². The van der Waals surface area contributed by atoms with E-state index in [9.17, 15) is 0 Å². The molecule has 0 spiro atoms. The first kappa shape index (κ1) is 11.2. The summed E-state index contributed by atoms with van der Waals surface area (Å²) >= 11 is 5.96. The number of hydrogen-bond acceptors (Lipinski definition) is 0. The Balaban J connectivity index is 2.21. The Labute approximate surface area is 102 Å². The number of allylic oxidation sites excluding steroid dienone is 12. The highest BCUT2D eigenvalue weighted by atomic mass is 35.5. The Morgan fingerprint density at radius 2 is 2.00 bits per heavy atom. The fraction of sp³-hybridized carbons (Fsp3) is 0.200. The normalized spacial score (nSPS) is 24.4. The zero-order chi connectivity index (χ0) is 11.4. The Bertz CT molecular complexity index is 442. The van der Waals surface area contributed by atoms with E-state index in [1.54, 1.807) is 0 Å². The van der Waals surface area contributed by atoms with Crippen LogP contribution in [0.25, 0.3) is 0 Å². The van der Waals surface area contributed by atoms with Crippen LogP contribution >= 0.6 is 11.6 Å². The maximum absolute atomic E-state index is 5.96. The lowest BCUT2D eigenvalue weighted by Gasteiger charge is -2.09. The first-order valence-electron chi connectivity index (χ1n) is 5.52. The van der Waals surface area contributed by atoms with Crippen molar-refractivity contribution in [3.05, 3.63) is 70.9 Å². The topological polar surface area (TPSA) is 0 Å². The molecule has 1 heteroatoms. The highest BCUT2D eigenvalue weighted by molar-refractivity contribution is 6.31. The minimum absolute atomic E-state index is 0.360. The van der Waals surface area contributed by atoms with E-state index in [0.717, 1.165) is 11.5 Å². The molecular formula is C15H15Cl. The molecule has 0 aromatic heterocycles. The molecule has 0 amide bonds. The quantitative estimate of drug-likeness (QED) is 0.613. The third-order valence-electron chi connectivity index (χ3n) is 2.76. The van der Waals surface area contributed by atoms with Crippen molar-refractivity contribution in [1.82, 2.24) is 0 Å². The van der Waals surface area contributed by atoms with Crippen LogP contribution in [0.15, 0.2) is 70.9 Å². The molecule has 0 bridgehead atoms. The van der Waals surface area contributed by atoms with Crippen LogP contribution < -0.4 is 0 Å². The average Bonchev–Trinajstić information content (AvgIpc) is 2.59. The smallest absolute Gasteiger partial charge is 0.0403 e. The van der Waals surface area contributed by atoms with Gasteiger partial charge < -0.3 is 0 Å². The summed E-state index contributed by atoms with van der Waals surface area (Å²) in [7, 11) is 0. The summed E-state index contributed by atoms with van der Waals surface area (Å²) in [6.07, 6.45) is 20.0. The van der Waals surface area contributed by atoms with Gasteiger partial charge in [-0.15, -0.1) is 0 Å². The van der Waals surface area contributed by atoms with Crippen molar-refractivity contribution >= 4 is 11.6 Å². The van der Waals surface area contributed by atoms with Gasteiger partial charge >= 0.3 is 0 Å². The lowest BCUT2D eigenvalue weighted by Crippen LogP contribution is -1.95. The maximum atomic E-state index is 5.96. The molecule has 0 saturated heterocycles. The number of hydrogen-bond donors (Lipinski definition) is 0. The molecule has 0 aromatic carbocycles. The summed E-state index contributed by atoms with van der Waals surface area (Å²) in [6, 6.07) is 0. The van der Waals surface area contributed by atoms with Crippen molar-refractivity contribution in [1.29, 1.82) is 0 Å². The molecule has 0 aliphatic heterocycles. The Hall–Kier alpha value is -1.27. The molecule has 1 unspecified atom stereocenters. The molecular weight excluding hydrogens is 216 g/mol. The predicted molar refractivity (Wildman–Crippen MR) is 71.3 cm³/mol. The van der Waals surface area contributed by atoms with Crippen molar-refractivity contribution in [2.75, 3.05) is 0 Å². The van der Waals surface area contributed by atoms with Gasteiger partial charge in [-0.3, -0.25) is 0 Å². The van der Waals surface area contributed by atoms with E-state index < -0.39 is 0 Å². The fourth-order valence-corrected chi connectivity index (χ4v) is 1.97. The fourth-order valence-electron chi connectivity index (χ4n) is 1.82. The van der Waals surface area contributed by atoms with Crippen molar-refractivity contribution in [2.45, 2.75) is 13.3 Å². The Morgan fingerprint density at radius 3 is 2.88 bits per heavy atom. The summed E-state index contributed by atoms with van der Waals surface area (Å²) in [4.78, 5) is 0. The van der Waals surface area contributed by atoms with Crippen LogP contribution in [0.1, 0.15) is 13.3 Å². The molecule has 0 aromatic rings. The van der Waals surface area contributed by atoms with Gasteiger partial charge in [-0.05, 0) is 25.5 Å². The molecule has 0 radical (unpaired) electrons. The summed E-state index contributed by atoms with van der Waals surface area (Å²) in [5.74, 6) is 0.360. The Kier molecular flexibility index (Phi) is 3.63. The van der Waals surface area contributed by atoms with Gasteiger partial charge in [0.25, 0.3) is 0 Å². The number of rotatable bonds is 1. The van der Waals surface area contributed by atoms with Gasteiger partial charge in [-0.2, -0.15) is 0 Å². The minimum atomic E-state index is 0.360. The summed E-state index contributed by atoms with van der Waals surface area (Å²) < 4.78 is 0. The molecule has 2 aliphatic rings. The van der Waals surface area contributed by atoms with Crippen molar-refractivity contribution in [3.63, 3.8) is 0 Å². The second-order valence-electron chi connectivity index (χ2n) is 4.08. The van der Waals surface area contributed by atoms with E-state index in [-0.39, 0.29) is 0 Å². The molecule has 2 rings (SSSR count). The SMILES string of the molecule is CC1=CC=C(C2C=CC=C(Cl)C=C2)CC=C1. The summed E-state index contributed by atoms with van der Waals surface area (Å²) in [6.45, 7) is 2.12. The second-order valence-corrected chi connectivity index (χ2v) is 4.52. The third-order valence-corrected chi connectivity index (χ3v) is 3.01. The summed E-state index contributed by atoms with van der Waals surface area (Å²) in [5, 5.41) is 0.787. The van der Waals surface area contributed by atoms with E-state index >= 15 is 0 Å². The monoisotopic (exact) mass is 230 g/mol. The minimum Gasteiger partial charge on any atom is -0.0844 e. The van der Waals surface area contributed by atoms with E-state index in [1.165, 1.54) is 11.1 Å². The van der Waals surface area contributed by atoms with Crippen LogP contribution in [0.5, 0.6) is 0 Å².